The number of hydrazine groups is 1. The van der Waals surface area contributed by atoms with Crippen molar-refractivity contribution in [1.29, 1.82) is 0 Å². The minimum Gasteiger partial charge on any atom is -0.496 e. The molecule has 0 aliphatic rings. The second-order valence-corrected chi connectivity index (χ2v) is 2.96. The molecule has 4 nitrogen and oxygen atoms in total. The number of nitrogens with two attached hydrogens (primary N) is 1. The third-order valence-electron chi connectivity index (χ3n) is 2.15. The van der Waals surface area contributed by atoms with Crippen LogP contribution in [0.5, 0.6) is 11.5 Å². The topological polar surface area (TPSA) is 56.5 Å². The first kappa shape index (κ1) is 10.8. The number of nitrogens with one attached hydrogen (secondary N) is 1. The predicted molar refractivity (Wildman–Crippen MR) is 55.3 cm³/mol. The van der Waals surface area contributed by atoms with Crippen molar-refractivity contribution in [2.75, 3.05) is 14.2 Å². The molecule has 0 fully saturated rings. The summed E-state index contributed by atoms with van der Waals surface area (Å²) in [5, 5.41) is 0. The molecule has 1 rings (SSSR count). The van der Waals surface area contributed by atoms with Crippen LogP contribution in [-0.2, 0) is 0 Å². The van der Waals surface area contributed by atoms with Gasteiger partial charge in [-0.25, -0.2) is 0 Å². The van der Waals surface area contributed by atoms with E-state index >= 15 is 0 Å². The molecule has 0 saturated carbocycles. The van der Waals surface area contributed by atoms with Crippen LogP contribution in [0.3, 0.4) is 0 Å². The number of rotatable bonds is 4. The van der Waals surface area contributed by atoms with Crippen LogP contribution in [0.15, 0.2) is 18.2 Å². The van der Waals surface area contributed by atoms with Crippen LogP contribution in [0, 0.1) is 0 Å². The monoisotopic (exact) mass is 196 g/mol. The second kappa shape index (κ2) is 4.83. The molecular formula is C10H16N2O2. The first-order chi connectivity index (χ1) is 6.74. The second-order valence-electron chi connectivity index (χ2n) is 2.96. The fourth-order valence-corrected chi connectivity index (χ4v) is 1.39. The van der Waals surface area contributed by atoms with E-state index in [2.05, 4.69) is 5.43 Å². The van der Waals surface area contributed by atoms with Crippen LogP contribution in [0.1, 0.15) is 18.5 Å². The lowest BCUT2D eigenvalue weighted by atomic mass is 10.1. The average Bonchev–Trinajstić information content (AvgIpc) is 2.26. The largest absolute Gasteiger partial charge is 0.496 e. The smallest absolute Gasteiger partial charge is 0.127 e. The van der Waals surface area contributed by atoms with Crippen molar-refractivity contribution in [1.82, 2.24) is 5.43 Å². The van der Waals surface area contributed by atoms with Gasteiger partial charge in [-0.05, 0) is 19.1 Å². The SMILES string of the molecule is COc1cccc(OC)c1[C@@H](C)NN. The van der Waals surface area contributed by atoms with Crippen molar-refractivity contribution in [3.63, 3.8) is 0 Å². The van der Waals surface area contributed by atoms with Crippen LogP contribution in [-0.4, -0.2) is 14.2 Å². The Morgan fingerprint density at radius 3 is 2.07 bits per heavy atom. The van der Waals surface area contributed by atoms with Crippen molar-refractivity contribution in [2.24, 2.45) is 5.84 Å². The van der Waals surface area contributed by atoms with Crippen LogP contribution < -0.4 is 20.7 Å². The fourth-order valence-electron chi connectivity index (χ4n) is 1.39. The Morgan fingerprint density at radius 1 is 1.21 bits per heavy atom. The van der Waals surface area contributed by atoms with E-state index in [0.717, 1.165) is 17.1 Å². The Hall–Kier alpha value is -1.26. The van der Waals surface area contributed by atoms with Crippen LogP contribution in [0.25, 0.3) is 0 Å². The minimum atomic E-state index is -0.0129. The molecule has 1 aromatic rings. The van der Waals surface area contributed by atoms with Crippen molar-refractivity contribution < 1.29 is 9.47 Å². The average molecular weight is 196 g/mol. The van der Waals surface area contributed by atoms with E-state index < -0.39 is 0 Å². The maximum Gasteiger partial charge on any atom is 0.127 e. The Morgan fingerprint density at radius 2 is 1.71 bits per heavy atom. The summed E-state index contributed by atoms with van der Waals surface area (Å²) in [7, 11) is 3.25. The van der Waals surface area contributed by atoms with Gasteiger partial charge < -0.3 is 9.47 Å². The van der Waals surface area contributed by atoms with Gasteiger partial charge in [0.15, 0.2) is 0 Å². The number of benzene rings is 1. The van der Waals surface area contributed by atoms with E-state index in [1.54, 1.807) is 14.2 Å². The lowest BCUT2D eigenvalue weighted by molar-refractivity contribution is 0.374. The van der Waals surface area contributed by atoms with Gasteiger partial charge in [0.1, 0.15) is 11.5 Å². The highest BCUT2D eigenvalue weighted by Gasteiger charge is 2.15. The molecule has 0 aromatic heterocycles. The van der Waals surface area contributed by atoms with Gasteiger partial charge in [0, 0.05) is 0 Å². The molecule has 14 heavy (non-hydrogen) atoms. The third kappa shape index (κ3) is 1.97. The van der Waals surface area contributed by atoms with Gasteiger partial charge >= 0.3 is 0 Å². The fraction of sp³-hybridized carbons (Fsp3) is 0.400. The van der Waals surface area contributed by atoms with Gasteiger partial charge in [-0.15, -0.1) is 0 Å². The lowest BCUT2D eigenvalue weighted by Crippen LogP contribution is -2.26. The molecule has 0 bridgehead atoms. The molecule has 1 atom stereocenters. The molecule has 0 heterocycles. The quantitative estimate of drug-likeness (QED) is 0.561. The highest BCUT2D eigenvalue weighted by Crippen LogP contribution is 2.33. The Bertz CT molecular complexity index is 280. The maximum atomic E-state index is 5.39. The molecule has 0 aliphatic heterocycles. The van der Waals surface area contributed by atoms with Gasteiger partial charge in [0.05, 0.1) is 25.8 Å². The van der Waals surface area contributed by atoms with E-state index in [1.807, 2.05) is 25.1 Å². The zero-order valence-electron chi connectivity index (χ0n) is 8.70. The lowest BCUT2D eigenvalue weighted by Gasteiger charge is -2.17. The number of methoxy groups -OCH3 is 2. The molecular weight excluding hydrogens is 180 g/mol. The molecule has 3 N–H and O–H groups in total. The van der Waals surface area contributed by atoms with Gasteiger partial charge in [0.25, 0.3) is 0 Å². The zero-order valence-corrected chi connectivity index (χ0v) is 8.70. The number of hydrogen-bond acceptors (Lipinski definition) is 4. The normalized spacial score (nSPS) is 12.3. The van der Waals surface area contributed by atoms with E-state index in [4.69, 9.17) is 15.3 Å². The van der Waals surface area contributed by atoms with Crippen molar-refractivity contribution >= 4 is 0 Å². The first-order valence-corrected chi connectivity index (χ1v) is 4.41. The summed E-state index contributed by atoms with van der Waals surface area (Å²) in [5.74, 6) is 6.94. The molecule has 0 radical (unpaired) electrons. The minimum absolute atomic E-state index is 0.0129. The predicted octanol–water partition coefficient (Wildman–Crippen LogP) is 1.23. The molecule has 0 saturated heterocycles. The molecule has 1 aromatic carbocycles. The first-order valence-electron chi connectivity index (χ1n) is 4.41. The van der Waals surface area contributed by atoms with Crippen molar-refractivity contribution in [3.05, 3.63) is 23.8 Å². The van der Waals surface area contributed by atoms with E-state index in [1.165, 1.54) is 0 Å². The summed E-state index contributed by atoms with van der Waals surface area (Å²) in [5.41, 5.74) is 3.60. The summed E-state index contributed by atoms with van der Waals surface area (Å²) in [6, 6.07) is 5.63. The van der Waals surface area contributed by atoms with E-state index in [9.17, 15) is 0 Å². The summed E-state index contributed by atoms with van der Waals surface area (Å²) < 4.78 is 10.5. The van der Waals surface area contributed by atoms with Crippen LogP contribution in [0.2, 0.25) is 0 Å². The number of ether oxygens (including phenoxy) is 2. The van der Waals surface area contributed by atoms with Crippen LogP contribution >= 0.6 is 0 Å². The maximum absolute atomic E-state index is 5.39. The standard InChI is InChI=1S/C10H16N2O2/c1-7(12-11)10-8(13-2)5-4-6-9(10)14-3/h4-7,12H,11H2,1-3H3/t7-/m1/s1. The van der Waals surface area contributed by atoms with Gasteiger partial charge in [-0.3, -0.25) is 11.3 Å². The van der Waals surface area contributed by atoms with Gasteiger partial charge in [-0.2, -0.15) is 0 Å². The van der Waals surface area contributed by atoms with E-state index in [0.29, 0.717) is 0 Å². The van der Waals surface area contributed by atoms with Gasteiger partial charge in [0.2, 0.25) is 0 Å². The number of hydrogen-bond donors (Lipinski definition) is 2. The highest BCUT2D eigenvalue weighted by atomic mass is 16.5. The summed E-state index contributed by atoms with van der Waals surface area (Å²) in [4.78, 5) is 0. The van der Waals surface area contributed by atoms with Crippen LogP contribution in [0.4, 0.5) is 0 Å². The molecule has 78 valence electrons. The van der Waals surface area contributed by atoms with Crippen molar-refractivity contribution in [2.45, 2.75) is 13.0 Å². The van der Waals surface area contributed by atoms with Gasteiger partial charge in [-0.1, -0.05) is 6.07 Å². The third-order valence-corrected chi connectivity index (χ3v) is 2.15. The zero-order chi connectivity index (χ0) is 10.6. The molecule has 0 spiro atoms. The molecule has 0 aliphatic carbocycles. The molecule has 4 heteroatoms. The highest BCUT2D eigenvalue weighted by molar-refractivity contribution is 5.46. The molecule has 0 amide bonds. The Labute approximate surface area is 84.0 Å². The Balaban J connectivity index is 3.18. The summed E-state index contributed by atoms with van der Waals surface area (Å²) >= 11 is 0. The Kier molecular flexibility index (Phi) is 3.73. The summed E-state index contributed by atoms with van der Waals surface area (Å²) in [6.45, 7) is 1.94. The van der Waals surface area contributed by atoms with E-state index in [-0.39, 0.29) is 6.04 Å². The molecule has 0 unspecified atom stereocenters. The van der Waals surface area contributed by atoms with Crippen molar-refractivity contribution in [3.8, 4) is 11.5 Å². The summed E-state index contributed by atoms with van der Waals surface area (Å²) in [6.07, 6.45) is 0.